The first-order chi connectivity index (χ1) is 28.3. The molecule has 2 heterocycles. The fourth-order valence-electron chi connectivity index (χ4n) is 6.85. The first-order valence-electron chi connectivity index (χ1n) is 19.3. The number of nitrogens with zero attached hydrogens (tertiary/aromatic N) is 5. The maximum Gasteiger partial charge on any atom is 0.490 e. The number of amides is 4. The van der Waals surface area contributed by atoms with E-state index in [4.69, 9.17) is 10.5 Å². The number of tetrazole rings is 1. The Bertz CT molecular complexity index is 2130. The van der Waals surface area contributed by atoms with Crippen LogP contribution in [0.2, 0.25) is 0 Å². The number of rotatable bonds is 14. The molecule has 4 aromatic rings. The first-order valence-corrected chi connectivity index (χ1v) is 19.3. The van der Waals surface area contributed by atoms with Crippen molar-refractivity contribution in [2.24, 2.45) is 17.6 Å². The highest BCUT2D eigenvalue weighted by molar-refractivity contribution is 6.02. The van der Waals surface area contributed by atoms with Gasteiger partial charge in [0.2, 0.25) is 17.6 Å². The molecule has 2 aromatic heterocycles. The molecular weight excluding hydrogens is 788 g/mol. The van der Waals surface area contributed by atoms with Crippen molar-refractivity contribution in [3.8, 4) is 22.5 Å². The third-order valence-corrected chi connectivity index (χ3v) is 9.84. The highest BCUT2D eigenvalue weighted by atomic mass is 19.4. The number of primary amides is 1. The maximum atomic E-state index is 14.5. The van der Waals surface area contributed by atoms with Crippen LogP contribution in [0.4, 0.5) is 23.7 Å². The molecule has 320 valence electrons. The molecule has 0 unspecified atom stereocenters. The highest BCUT2D eigenvalue weighted by Crippen LogP contribution is 2.33. The Balaban J connectivity index is 1.29. The van der Waals surface area contributed by atoms with Gasteiger partial charge in [-0.2, -0.15) is 18.4 Å². The van der Waals surface area contributed by atoms with E-state index in [1.165, 1.54) is 17.9 Å². The second kappa shape index (κ2) is 19.1. The number of esters is 1. The molecule has 1 aliphatic carbocycles. The number of carbonyl (C=O) groups is 5. The number of carbonyl (C=O) groups excluding carboxylic acids is 5. The lowest BCUT2D eigenvalue weighted by Crippen LogP contribution is -2.52. The third-order valence-electron chi connectivity index (χ3n) is 9.84. The number of aromatic amines is 1. The number of nitrogens with one attached hydrogen (secondary N) is 3. The van der Waals surface area contributed by atoms with Crippen LogP contribution in [0, 0.1) is 18.8 Å². The van der Waals surface area contributed by atoms with Gasteiger partial charge in [0.15, 0.2) is 0 Å². The van der Waals surface area contributed by atoms with Crippen LogP contribution in [0.15, 0.2) is 60.7 Å². The number of pyridine rings is 1. The van der Waals surface area contributed by atoms with Crippen molar-refractivity contribution in [3.05, 3.63) is 77.6 Å². The molecule has 4 amide bonds. The monoisotopic (exact) mass is 835 g/mol. The molecule has 2 atom stereocenters. The summed E-state index contributed by atoms with van der Waals surface area (Å²) in [6.45, 7) is 8.19. The van der Waals surface area contributed by atoms with Gasteiger partial charge in [-0.05, 0) is 113 Å². The van der Waals surface area contributed by atoms with Gasteiger partial charge in [-0.25, -0.2) is 14.6 Å². The first kappa shape index (κ1) is 44.7. The Morgan fingerprint density at radius 1 is 0.933 bits per heavy atom. The van der Waals surface area contributed by atoms with E-state index in [1.54, 1.807) is 70.2 Å². The number of ether oxygens (including phenoxy) is 2. The number of hydrogen-bond acceptors (Lipinski definition) is 11. The summed E-state index contributed by atoms with van der Waals surface area (Å²) in [6, 6.07) is 15.3. The van der Waals surface area contributed by atoms with Gasteiger partial charge >= 0.3 is 18.2 Å². The minimum atomic E-state index is -5.14. The van der Waals surface area contributed by atoms with Crippen LogP contribution >= 0.6 is 0 Å². The third kappa shape index (κ3) is 12.1. The van der Waals surface area contributed by atoms with Gasteiger partial charge in [0.1, 0.15) is 23.9 Å². The van der Waals surface area contributed by atoms with E-state index >= 15 is 0 Å². The Morgan fingerprint density at radius 3 is 2.15 bits per heavy atom. The molecule has 0 aliphatic heterocycles. The Hall–Kier alpha value is -6.40. The summed E-state index contributed by atoms with van der Waals surface area (Å²) in [6.07, 6.45) is -3.09. The predicted molar refractivity (Wildman–Crippen MR) is 212 cm³/mol. The van der Waals surface area contributed by atoms with E-state index in [9.17, 15) is 37.1 Å². The van der Waals surface area contributed by atoms with Gasteiger partial charge in [-0.15, -0.1) is 10.2 Å². The van der Waals surface area contributed by atoms with Crippen LogP contribution in [0.1, 0.15) is 75.1 Å². The zero-order valence-corrected chi connectivity index (χ0v) is 33.8. The van der Waals surface area contributed by atoms with Crippen LogP contribution in [0.5, 0.6) is 0 Å². The van der Waals surface area contributed by atoms with Crippen LogP contribution in [0.25, 0.3) is 22.5 Å². The number of alkyl halides is 3. The molecule has 1 aliphatic rings. The van der Waals surface area contributed by atoms with Crippen molar-refractivity contribution < 1.29 is 46.6 Å². The molecular formula is C41H48F3N9O7. The fraction of sp³-hybridized carbons (Fsp3) is 0.439. The lowest BCUT2D eigenvalue weighted by atomic mass is 9.81. The summed E-state index contributed by atoms with van der Waals surface area (Å²) in [4.78, 5) is 69.6. The average molecular weight is 836 g/mol. The summed E-state index contributed by atoms with van der Waals surface area (Å²) in [5.74, 6) is -3.86. The minimum absolute atomic E-state index is 0.00667. The van der Waals surface area contributed by atoms with Crippen LogP contribution in [-0.4, -0.2) is 92.4 Å². The van der Waals surface area contributed by atoms with Gasteiger partial charge < -0.3 is 25.8 Å². The van der Waals surface area contributed by atoms with Crippen molar-refractivity contribution in [3.63, 3.8) is 0 Å². The van der Waals surface area contributed by atoms with E-state index in [0.717, 1.165) is 5.56 Å². The zero-order valence-electron chi connectivity index (χ0n) is 33.8. The predicted octanol–water partition coefficient (Wildman–Crippen LogP) is 5.22. The van der Waals surface area contributed by atoms with Gasteiger partial charge in [0, 0.05) is 41.4 Å². The summed E-state index contributed by atoms with van der Waals surface area (Å²) >= 11 is 0. The largest absolute Gasteiger partial charge is 0.490 e. The summed E-state index contributed by atoms with van der Waals surface area (Å²) < 4.78 is 46.9. The van der Waals surface area contributed by atoms with Crippen molar-refractivity contribution in [2.75, 3.05) is 18.1 Å². The molecule has 0 saturated heterocycles. The standard InChI is InChI=1S/C41H48F3N9O7/c1-23(22-59-38(57)41(42,43)44)47-36(55)32-19-18-31(24(2)48-32)27-10-6-25(7-11-27)20-33(34(45)54)53(30-16-14-28(15-17-30)35-49-51-52-50-35)37(56)29-12-8-26(9-13-29)21-46-39(58)60-40(3,4)5/h6-7,10-11,14-19,23,26,29,33H,8-9,12-13,20-22H2,1-5H3,(H2,45,54)(H,46,58)(H,47,55)(H,49,50,51,52)/t23-,26-,29-,33+/m1/s1. The zero-order chi connectivity index (χ0) is 43.8. The number of H-pyrrole nitrogens is 1. The number of anilines is 1. The van der Waals surface area contributed by atoms with Crippen molar-refractivity contribution in [2.45, 2.75) is 90.6 Å². The van der Waals surface area contributed by atoms with E-state index in [1.807, 2.05) is 12.1 Å². The molecule has 0 radical (unpaired) electrons. The Morgan fingerprint density at radius 2 is 1.58 bits per heavy atom. The molecule has 19 heteroatoms. The summed E-state index contributed by atoms with van der Waals surface area (Å²) in [5.41, 5.74) is 9.17. The van der Waals surface area contributed by atoms with Crippen molar-refractivity contribution in [1.29, 1.82) is 0 Å². The molecule has 1 saturated carbocycles. The number of nitrogens with two attached hydrogens (primary N) is 1. The van der Waals surface area contributed by atoms with E-state index in [0.29, 0.717) is 66.1 Å². The molecule has 60 heavy (non-hydrogen) atoms. The topological polar surface area (TPSA) is 224 Å². The van der Waals surface area contributed by atoms with Gasteiger partial charge in [0.25, 0.3) is 5.91 Å². The lowest BCUT2D eigenvalue weighted by Gasteiger charge is -2.36. The molecule has 5 rings (SSSR count). The summed E-state index contributed by atoms with van der Waals surface area (Å²) in [5, 5.41) is 19.3. The van der Waals surface area contributed by atoms with Crippen LogP contribution in [-0.2, 0) is 30.3 Å². The average Bonchev–Trinajstić information content (AvgIpc) is 3.74. The number of hydrogen-bond donors (Lipinski definition) is 4. The highest BCUT2D eigenvalue weighted by Gasteiger charge is 2.41. The molecule has 1 fully saturated rings. The number of halogens is 3. The lowest BCUT2D eigenvalue weighted by molar-refractivity contribution is -0.200. The van der Waals surface area contributed by atoms with Gasteiger partial charge in [-0.3, -0.25) is 19.3 Å². The minimum Gasteiger partial charge on any atom is -0.457 e. The molecule has 16 nitrogen and oxygen atoms in total. The van der Waals surface area contributed by atoms with Gasteiger partial charge in [0.05, 0.1) is 6.04 Å². The Kier molecular flexibility index (Phi) is 14.2. The van der Waals surface area contributed by atoms with Crippen molar-refractivity contribution in [1.82, 2.24) is 36.2 Å². The normalized spacial score (nSPS) is 16.5. The van der Waals surface area contributed by atoms with E-state index in [-0.39, 0.29) is 23.9 Å². The number of benzene rings is 2. The number of alkyl carbamates (subject to hydrolysis) is 1. The Labute approximate surface area is 344 Å². The smallest absolute Gasteiger partial charge is 0.457 e. The number of aromatic nitrogens is 5. The van der Waals surface area contributed by atoms with Crippen LogP contribution in [0.3, 0.4) is 0 Å². The molecule has 2 aromatic carbocycles. The second-order valence-electron chi connectivity index (χ2n) is 15.7. The van der Waals surface area contributed by atoms with Crippen LogP contribution < -0.4 is 21.3 Å². The SMILES string of the molecule is Cc1nc(C(=O)N[C@H](C)COC(=O)C(F)(F)F)ccc1-c1ccc(C[C@@H](C(N)=O)N(c2ccc(-c3nn[nH]n3)cc2)C(=O)[C@H]2CC[C@H](CNC(=O)OC(C)(C)C)CC2)cc1. The second-order valence-corrected chi connectivity index (χ2v) is 15.7. The van der Waals surface area contributed by atoms with Gasteiger partial charge in [-0.1, -0.05) is 30.3 Å². The summed E-state index contributed by atoms with van der Waals surface area (Å²) in [7, 11) is 0. The fourth-order valence-corrected chi connectivity index (χ4v) is 6.85. The van der Waals surface area contributed by atoms with E-state index < -0.39 is 60.3 Å². The quantitative estimate of drug-likeness (QED) is 0.121. The molecule has 5 N–H and O–H groups in total. The van der Waals surface area contributed by atoms with Crippen molar-refractivity contribution >= 4 is 35.5 Å². The molecule has 0 bridgehead atoms. The van der Waals surface area contributed by atoms with E-state index in [2.05, 4.69) is 41.0 Å². The molecule has 0 spiro atoms. The number of aryl methyl sites for hydroxylation is 1. The maximum absolute atomic E-state index is 14.5.